The van der Waals surface area contributed by atoms with Crippen LogP contribution in [0.2, 0.25) is 0 Å². The Balaban J connectivity index is 1.42. The maximum absolute atomic E-state index is 13.3. The summed E-state index contributed by atoms with van der Waals surface area (Å²) in [5.74, 6) is -0.0412. The quantitative estimate of drug-likeness (QED) is 0.625. The van der Waals surface area contributed by atoms with Gasteiger partial charge in [0.2, 0.25) is 5.91 Å². The fourth-order valence-electron chi connectivity index (χ4n) is 5.39. The van der Waals surface area contributed by atoms with Crippen LogP contribution in [0.5, 0.6) is 0 Å². The molecule has 0 bridgehead atoms. The van der Waals surface area contributed by atoms with E-state index < -0.39 is 12.1 Å². The van der Waals surface area contributed by atoms with Crippen molar-refractivity contribution in [3.63, 3.8) is 0 Å². The molecule has 3 atom stereocenters. The van der Waals surface area contributed by atoms with E-state index in [2.05, 4.69) is 10.2 Å². The summed E-state index contributed by atoms with van der Waals surface area (Å²) in [7, 11) is 1.63. The Morgan fingerprint density at radius 2 is 1.91 bits per heavy atom. The number of benzene rings is 1. The topological polar surface area (TPSA) is 82.2 Å². The van der Waals surface area contributed by atoms with E-state index in [1.165, 1.54) is 19.3 Å². The number of nitrogens with zero attached hydrogens (tertiary/aromatic N) is 3. The van der Waals surface area contributed by atoms with E-state index in [0.29, 0.717) is 37.3 Å². The smallest absolute Gasteiger partial charge is 0.329 e. The second-order valence-electron chi connectivity index (χ2n) is 9.05. The molecule has 3 saturated heterocycles. The lowest BCUT2D eigenvalue weighted by molar-refractivity contribution is -0.135. The fraction of sp³-hybridized carbons (Fsp3) is 0.625. The normalized spacial score (nSPS) is 26.0. The van der Waals surface area contributed by atoms with Crippen molar-refractivity contribution in [2.75, 3.05) is 44.8 Å². The summed E-state index contributed by atoms with van der Waals surface area (Å²) in [6.07, 6.45) is 5.97. The molecule has 1 aromatic rings. The molecule has 8 heteroatoms. The number of carbonyl (C=O) groups is 3. The first-order valence-corrected chi connectivity index (χ1v) is 11.8. The van der Waals surface area contributed by atoms with Crippen LogP contribution in [0.25, 0.3) is 0 Å². The summed E-state index contributed by atoms with van der Waals surface area (Å²) in [4.78, 5) is 44.2. The summed E-state index contributed by atoms with van der Waals surface area (Å²) in [5, 5.41) is 2.69. The molecule has 0 aliphatic carbocycles. The molecule has 1 aromatic carbocycles. The summed E-state index contributed by atoms with van der Waals surface area (Å²) < 4.78 is 5.25. The lowest BCUT2D eigenvalue weighted by Crippen LogP contribution is -2.52. The zero-order valence-corrected chi connectivity index (χ0v) is 18.9. The Bertz CT molecular complexity index is 815. The minimum atomic E-state index is -0.835. The molecule has 32 heavy (non-hydrogen) atoms. The maximum Gasteiger partial charge on any atom is 0.329 e. The largest absolute Gasteiger partial charge is 0.383 e. The highest BCUT2D eigenvalue weighted by Gasteiger charge is 2.41. The number of nitrogens with one attached hydrogen (secondary N) is 1. The summed E-state index contributed by atoms with van der Waals surface area (Å²) >= 11 is 0. The van der Waals surface area contributed by atoms with Gasteiger partial charge in [-0.1, -0.05) is 24.6 Å². The van der Waals surface area contributed by atoms with Crippen LogP contribution in [0.1, 0.15) is 38.5 Å². The number of rotatable bonds is 8. The maximum atomic E-state index is 13.3. The third-order valence-corrected chi connectivity index (χ3v) is 7.01. The van der Waals surface area contributed by atoms with Gasteiger partial charge in [-0.05, 0) is 56.8 Å². The van der Waals surface area contributed by atoms with Crippen molar-refractivity contribution in [3.05, 3.63) is 30.3 Å². The van der Waals surface area contributed by atoms with Gasteiger partial charge < -0.3 is 19.9 Å². The first-order valence-electron chi connectivity index (χ1n) is 11.8. The van der Waals surface area contributed by atoms with Crippen LogP contribution in [-0.4, -0.2) is 79.6 Å². The van der Waals surface area contributed by atoms with Crippen LogP contribution in [0.15, 0.2) is 30.3 Å². The molecular formula is C24H34N4O4. The molecule has 0 saturated carbocycles. The fourth-order valence-corrected chi connectivity index (χ4v) is 5.39. The molecule has 3 heterocycles. The molecule has 8 nitrogen and oxygen atoms in total. The lowest BCUT2D eigenvalue weighted by Gasteiger charge is -2.45. The van der Waals surface area contributed by atoms with Gasteiger partial charge in [0.05, 0.1) is 18.7 Å². The third kappa shape index (κ3) is 4.96. The molecule has 0 radical (unpaired) electrons. The van der Waals surface area contributed by atoms with Crippen molar-refractivity contribution in [2.45, 2.75) is 50.6 Å². The molecule has 0 spiro atoms. The van der Waals surface area contributed by atoms with Crippen molar-refractivity contribution in [2.24, 2.45) is 5.92 Å². The molecule has 1 N–H and O–H groups in total. The average Bonchev–Trinajstić information content (AvgIpc) is 3.09. The lowest BCUT2D eigenvalue weighted by atomic mass is 9.83. The SMILES string of the molecule is COCCN(C[C@@H]1CCCN2CCCC[C@H]12)C(=O)C[C@H]1NC(=O)N(c2ccccc2)C1=O. The van der Waals surface area contributed by atoms with Gasteiger partial charge in [0, 0.05) is 26.2 Å². The highest BCUT2D eigenvalue weighted by molar-refractivity contribution is 6.22. The second kappa shape index (κ2) is 10.4. The van der Waals surface area contributed by atoms with Crippen molar-refractivity contribution >= 4 is 23.5 Å². The van der Waals surface area contributed by atoms with E-state index in [0.717, 1.165) is 30.8 Å². The predicted molar refractivity (Wildman–Crippen MR) is 121 cm³/mol. The van der Waals surface area contributed by atoms with Gasteiger partial charge in [-0.15, -0.1) is 0 Å². The standard InChI is InChI=1S/C24H34N4O4/c1-32-15-14-27(17-18-8-7-13-26-12-6-5-11-21(18)26)22(29)16-20-23(30)28(24(31)25-20)19-9-3-2-4-10-19/h2-4,9-10,18,20-21H,5-8,11-17H2,1H3,(H,25,31)/t18-,20+,21+/m0/s1. The first-order chi connectivity index (χ1) is 15.6. The van der Waals surface area contributed by atoms with Gasteiger partial charge >= 0.3 is 6.03 Å². The van der Waals surface area contributed by atoms with Gasteiger partial charge in [0.15, 0.2) is 0 Å². The van der Waals surface area contributed by atoms with E-state index >= 15 is 0 Å². The first kappa shape index (κ1) is 22.7. The Labute approximate surface area is 189 Å². The van der Waals surface area contributed by atoms with Crippen LogP contribution >= 0.6 is 0 Å². The van der Waals surface area contributed by atoms with Crippen LogP contribution in [0, 0.1) is 5.92 Å². The average molecular weight is 443 g/mol. The van der Waals surface area contributed by atoms with E-state index in [4.69, 9.17) is 4.74 Å². The number of fused-ring (bicyclic) bond motifs is 1. The van der Waals surface area contributed by atoms with Crippen molar-refractivity contribution in [3.8, 4) is 0 Å². The Hall–Kier alpha value is -2.45. The minimum absolute atomic E-state index is 0.0290. The number of hydrogen-bond donors (Lipinski definition) is 1. The van der Waals surface area contributed by atoms with Crippen LogP contribution in [-0.2, 0) is 14.3 Å². The second-order valence-corrected chi connectivity index (χ2v) is 9.05. The molecule has 3 fully saturated rings. The number of methoxy groups -OCH3 is 1. The van der Waals surface area contributed by atoms with Crippen LogP contribution in [0.4, 0.5) is 10.5 Å². The molecule has 3 aliphatic rings. The number of amides is 4. The van der Waals surface area contributed by atoms with E-state index in [1.54, 1.807) is 31.4 Å². The van der Waals surface area contributed by atoms with Gasteiger partial charge in [-0.2, -0.15) is 0 Å². The minimum Gasteiger partial charge on any atom is -0.383 e. The number of ether oxygens (including phenoxy) is 1. The van der Waals surface area contributed by atoms with Gasteiger partial charge in [-0.25, -0.2) is 9.69 Å². The number of urea groups is 1. The molecule has 4 rings (SSSR count). The van der Waals surface area contributed by atoms with Gasteiger partial charge in [-0.3, -0.25) is 9.59 Å². The summed E-state index contributed by atoms with van der Waals surface area (Å²) in [5.41, 5.74) is 0.515. The van der Waals surface area contributed by atoms with Crippen molar-refractivity contribution in [1.29, 1.82) is 0 Å². The highest BCUT2D eigenvalue weighted by atomic mass is 16.5. The third-order valence-electron chi connectivity index (χ3n) is 7.01. The molecule has 3 aliphatic heterocycles. The van der Waals surface area contributed by atoms with E-state index in [-0.39, 0.29) is 18.2 Å². The van der Waals surface area contributed by atoms with E-state index in [1.807, 2.05) is 11.0 Å². The summed E-state index contributed by atoms with van der Waals surface area (Å²) in [6, 6.07) is 8.04. The molecule has 0 unspecified atom stereocenters. The van der Waals surface area contributed by atoms with E-state index in [9.17, 15) is 14.4 Å². The number of anilines is 1. The number of carbonyl (C=O) groups excluding carboxylic acids is 3. The molecule has 4 amide bonds. The Kier molecular flexibility index (Phi) is 7.42. The predicted octanol–water partition coefficient (Wildman–Crippen LogP) is 2.24. The number of para-hydroxylation sites is 1. The number of hydrogen-bond acceptors (Lipinski definition) is 5. The van der Waals surface area contributed by atoms with Crippen molar-refractivity contribution in [1.82, 2.24) is 15.1 Å². The number of imide groups is 1. The van der Waals surface area contributed by atoms with Crippen LogP contribution in [0.3, 0.4) is 0 Å². The van der Waals surface area contributed by atoms with Gasteiger partial charge in [0.1, 0.15) is 6.04 Å². The monoisotopic (exact) mass is 442 g/mol. The zero-order valence-electron chi connectivity index (χ0n) is 18.9. The zero-order chi connectivity index (χ0) is 22.5. The molecule has 0 aromatic heterocycles. The van der Waals surface area contributed by atoms with Crippen LogP contribution < -0.4 is 10.2 Å². The molecular weight excluding hydrogens is 408 g/mol. The molecule has 174 valence electrons. The Morgan fingerprint density at radius 3 is 2.69 bits per heavy atom. The van der Waals surface area contributed by atoms with Crippen molar-refractivity contribution < 1.29 is 19.1 Å². The number of piperidine rings is 2. The van der Waals surface area contributed by atoms with Gasteiger partial charge in [0.25, 0.3) is 5.91 Å². The highest BCUT2D eigenvalue weighted by Crippen LogP contribution is 2.31. The Morgan fingerprint density at radius 1 is 1.12 bits per heavy atom. The summed E-state index contributed by atoms with van der Waals surface area (Å²) in [6.45, 7) is 3.95.